The van der Waals surface area contributed by atoms with E-state index in [4.69, 9.17) is 4.74 Å². The van der Waals surface area contributed by atoms with Gasteiger partial charge in [0.2, 0.25) is 0 Å². The van der Waals surface area contributed by atoms with Crippen molar-refractivity contribution in [3.05, 3.63) is 22.7 Å². The standard InChI is InChI=1S/C12H15BrN2O2/c1-17-9-4-5-10(13)11(8-9)14-12(16)15-6-2-3-7-15/h4-5,8H,2-3,6-7H2,1H3,(H,14,16). The Balaban J connectivity index is 2.09. The fourth-order valence-electron chi connectivity index (χ4n) is 1.84. The smallest absolute Gasteiger partial charge is 0.321 e. The second-order valence-electron chi connectivity index (χ2n) is 3.97. The Morgan fingerprint density at radius 2 is 2.12 bits per heavy atom. The van der Waals surface area contributed by atoms with Crippen LogP contribution in [-0.2, 0) is 0 Å². The summed E-state index contributed by atoms with van der Waals surface area (Å²) in [4.78, 5) is 13.7. The molecule has 1 aliphatic rings. The van der Waals surface area contributed by atoms with E-state index in [0.29, 0.717) is 0 Å². The van der Waals surface area contributed by atoms with Crippen LogP contribution < -0.4 is 10.1 Å². The Labute approximate surface area is 109 Å². The molecule has 2 amide bonds. The molecule has 1 saturated heterocycles. The zero-order valence-electron chi connectivity index (χ0n) is 9.70. The summed E-state index contributed by atoms with van der Waals surface area (Å²) in [5.74, 6) is 0.727. The minimum Gasteiger partial charge on any atom is -0.497 e. The molecule has 0 atom stereocenters. The van der Waals surface area contributed by atoms with Crippen LogP contribution in [0.5, 0.6) is 5.75 Å². The van der Waals surface area contributed by atoms with Gasteiger partial charge in [0.05, 0.1) is 12.8 Å². The quantitative estimate of drug-likeness (QED) is 0.911. The molecule has 5 heteroatoms. The molecule has 1 fully saturated rings. The zero-order chi connectivity index (χ0) is 12.3. The SMILES string of the molecule is COc1ccc(Br)c(NC(=O)N2CCCC2)c1. The van der Waals surface area contributed by atoms with Crippen molar-refractivity contribution < 1.29 is 9.53 Å². The van der Waals surface area contributed by atoms with E-state index in [1.54, 1.807) is 13.2 Å². The molecule has 4 nitrogen and oxygen atoms in total. The van der Waals surface area contributed by atoms with Crippen LogP contribution in [0.4, 0.5) is 10.5 Å². The first-order valence-corrected chi connectivity index (χ1v) is 6.39. The Bertz CT molecular complexity index is 417. The van der Waals surface area contributed by atoms with Crippen LogP contribution >= 0.6 is 15.9 Å². The number of hydrogen-bond acceptors (Lipinski definition) is 2. The van der Waals surface area contributed by atoms with E-state index in [0.717, 1.165) is 41.8 Å². The second kappa shape index (κ2) is 5.40. The average molecular weight is 299 g/mol. The Kier molecular flexibility index (Phi) is 3.89. The zero-order valence-corrected chi connectivity index (χ0v) is 11.3. The number of nitrogens with zero attached hydrogens (tertiary/aromatic N) is 1. The molecule has 17 heavy (non-hydrogen) atoms. The van der Waals surface area contributed by atoms with Crippen molar-refractivity contribution in [1.29, 1.82) is 0 Å². The third-order valence-electron chi connectivity index (χ3n) is 2.81. The Hall–Kier alpha value is -1.23. The third kappa shape index (κ3) is 2.91. The molecule has 1 aromatic carbocycles. The van der Waals surface area contributed by atoms with Crippen molar-refractivity contribution in [2.75, 3.05) is 25.5 Å². The molecule has 0 unspecified atom stereocenters. The minimum absolute atomic E-state index is 0.0450. The Morgan fingerprint density at radius 1 is 1.41 bits per heavy atom. The van der Waals surface area contributed by atoms with Gasteiger partial charge in [0.15, 0.2) is 0 Å². The van der Waals surface area contributed by atoms with Gasteiger partial charge in [-0.2, -0.15) is 0 Å². The van der Waals surface area contributed by atoms with Crippen LogP contribution in [-0.4, -0.2) is 31.1 Å². The first-order chi connectivity index (χ1) is 8.20. The molecular weight excluding hydrogens is 284 g/mol. The number of benzene rings is 1. The van der Waals surface area contributed by atoms with Gasteiger partial charge in [-0.3, -0.25) is 0 Å². The molecule has 0 saturated carbocycles. The molecule has 92 valence electrons. The number of methoxy groups -OCH3 is 1. The van der Waals surface area contributed by atoms with Crippen LogP contribution in [0.3, 0.4) is 0 Å². The van der Waals surface area contributed by atoms with Crippen LogP contribution in [0.25, 0.3) is 0 Å². The lowest BCUT2D eigenvalue weighted by atomic mass is 10.3. The predicted molar refractivity (Wildman–Crippen MR) is 70.5 cm³/mol. The van der Waals surface area contributed by atoms with Crippen LogP contribution in [0.1, 0.15) is 12.8 Å². The van der Waals surface area contributed by atoms with Crippen LogP contribution in [0.2, 0.25) is 0 Å². The maximum atomic E-state index is 11.9. The van der Waals surface area contributed by atoms with Crippen molar-refractivity contribution in [3.8, 4) is 5.75 Å². The van der Waals surface area contributed by atoms with Gasteiger partial charge in [-0.05, 0) is 40.9 Å². The number of likely N-dealkylation sites (tertiary alicyclic amines) is 1. The summed E-state index contributed by atoms with van der Waals surface area (Å²) in [5, 5.41) is 2.89. The average Bonchev–Trinajstić information content (AvgIpc) is 2.85. The molecular formula is C12H15BrN2O2. The van der Waals surface area contributed by atoms with Crippen molar-refractivity contribution in [2.24, 2.45) is 0 Å². The van der Waals surface area contributed by atoms with Gasteiger partial charge >= 0.3 is 6.03 Å². The van der Waals surface area contributed by atoms with Crippen LogP contribution in [0.15, 0.2) is 22.7 Å². The molecule has 1 heterocycles. The van der Waals surface area contributed by atoms with Crippen molar-refractivity contribution >= 4 is 27.6 Å². The molecule has 1 aliphatic heterocycles. The number of amides is 2. The highest BCUT2D eigenvalue weighted by molar-refractivity contribution is 9.10. The summed E-state index contributed by atoms with van der Waals surface area (Å²) < 4.78 is 5.98. The number of anilines is 1. The summed E-state index contributed by atoms with van der Waals surface area (Å²) in [7, 11) is 1.61. The fraction of sp³-hybridized carbons (Fsp3) is 0.417. The molecule has 0 aromatic heterocycles. The van der Waals surface area contributed by atoms with Gasteiger partial charge in [-0.15, -0.1) is 0 Å². The van der Waals surface area contributed by atoms with Gasteiger partial charge in [0, 0.05) is 23.6 Å². The summed E-state index contributed by atoms with van der Waals surface area (Å²) in [6.07, 6.45) is 2.18. The normalized spacial score (nSPS) is 14.8. The summed E-state index contributed by atoms with van der Waals surface area (Å²) in [6.45, 7) is 1.68. The Morgan fingerprint density at radius 3 is 2.76 bits per heavy atom. The van der Waals surface area contributed by atoms with E-state index in [1.165, 1.54) is 0 Å². The van der Waals surface area contributed by atoms with E-state index in [2.05, 4.69) is 21.2 Å². The number of rotatable bonds is 2. The van der Waals surface area contributed by atoms with Gasteiger partial charge in [0.1, 0.15) is 5.75 Å². The monoisotopic (exact) mass is 298 g/mol. The topological polar surface area (TPSA) is 41.6 Å². The van der Waals surface area contributed by atoms with Gasteiger partial charge in [-0.1, -0.05) is 0 Å². The van der Waals surface area contributed by atoms with Crippen molar-refractivity contribution in [1.82, 2.24) is 4.90 Å². The molecule has 0 radical (unpaired) electrons. The number of hydrogen-bond donors (Lipinski definition) is 1. The minimum atomic E-state index is -0.0450. The van der Waals surface area contributed by atoms with Gasteiger partial charge in [0.25, 0.3) is 0 Å². The lowest BCUT2D eigenvalue weighted by molar-refractivity contribution is 0.222. The highest BCUT2D eigenvalue weighted by Crippen LogP contribution is 2.27. The summed E-state index contributed by atoms with van der Waals surface area (Å²) in [6, 6.07) is 5.46. The summed E-state index contributed by atoms with van der Waals surface area (Å²) >= 11 is 3.41. The van der Waals surface area contributed by atoms with E-state index in [1.807, 2.05) is 17.0 Å². The molecule has 2 rings (SSSR count). The van der Waals surface area contributed by atoms with E-state index in [-0.39, 0.29) is 6.03 Å². The highest BCUT2D eigenvalue weighted by atomic mass is 79.9. The molecule has 1 aromatic rings. The first-order valence-electron chi connectivity index (χ1n) is 5.60. The number of urea groups is 1. The summed E-state index contributed by atoms with van der Waals surface area (Å²) in [5.41, 5.74) is 0.737. The van der Waals surface area contributed by atoms with E-state index < -0.39 is 0 Å². The fourth-order valence-corrected chi connectivity index (χ4v) is 2.19. The number of ether oxygens (including phenoxy) is 1. The van der Waals surface area contributed by atoms with Gasteiger partial charge < -0.3 is 15.0 Å². The highest BCUT2D eigenvalue weighted by Gasteiger charge is 2.18. The number of halogens is 1. The molecule has 0 spiro atoms. The predicted octanol–water partition coefficient (Wildman–Crippen LogP) is 3.09. The van der Waals surface area contributed by atoms with E-state index >= 15 is 0 Å². The largest absolute Gasteiger partial charge is 0.497 e. The molecule has 0 aliphatic carbocycles. The second-order valence-corrected chi connectivity index (χ2v) is 4.82. The number of carbonyl (C=O) groups excluding carboxylic acids is 1. The maximum Gasteiger partial charge on any atom is 0.321 e. The lowest BCUT2D eigenvalue weighted by Crippen LogP contribution is -2.32. The number of carbonyl (C=O) groups is 1. The first kappa shape index (κ1) is 12.2. The van der Waals surface area contributed by atoms with Crippen LogP contribution in [0, 0.1) is 0 Å². The number of nitrogens with one attached hydrogen (secondary N) is 1. The lowest BCUT2D eigenvalue weighted by Gasteiger charge is -2.17. The maximum absolute atomic E-state index is 11.9. The van der Waals surface area contributed by atoms with Gasteiger partial charge in [-0.25, -0.2) is 4.79 Å². The van der Waals surface area contributed by atoms with Crippen molar-refractivity contribution in [3.63, 3.8) is 0 Å². The van der Waals surface area contributed by atoms with Crippen molar-refractivity contribution in [2.45, 2.75) is 12.8 Å². The van der Waals surface area contributed by atoms with E-state index in [9.17, 15) is 4.79 Å². The molecule has 0 bridgehead atoms. The third-order valence-corrected chi connectivity index (χ3v) is 3.50. The molecule has 1 N–H and O–H groups in total.